The predicted molar refractivity (Wildman–Crippen MR) is 134 cm³/mol. The number of thiazole rings is 1. The molecule has 3 aromatic rings. The Balaban J connectivity index is 1.33. The highest BCUT2D eigenvalue weighted by atomic mass is 35.5. The number of fused-ring (bicyclic) bond motifs is 1. The monoisotopic (exact) mass is 517 g/mol. The molecular formula is C24H26ClN4O3S2+. The van der Waals surface area contributed by atoms with Crippen molar-refractivity contribution >= 4 is 49.7 Å². The largest absolute Gasteiger partial charge is 0.330 e. The minimum absolute atomic E-state index is 0.0768. The fourth-order valence-electron chi connectivity index (χ4n) is 4.62. The van der Waals surface area contributed by atoms with Crippen molar-refractivity contribution in [2.45, 2.75) is 37.1 Å². The second kappa shape index (κ2) is 9.65. The van der Waals surface area contributed by atoms with Crippen LogP contribution in [0.15, 0.2) is 52.7 Å². The molecule has 3 heterocycles. The molecule has 0 spiro atoms. The first kappa shape index (κ1) is 23.3. The highest BCUT2D eigenvalue weighted by molar-refractivity contribution is 7.93. The summed E-state index contributed by atoms with van der Waals surface area (Å²) >= 11 is 7.67. The number of hydrogen-bond acceptors (Lipinski definition) is 5. The van der Waals surface area contributed by atoms with Gasteiger partial charge >= 0.3 is 0 Å². The number of benzene rings is 2. The number of sulfonamides is 1. The van der Waals surface area contributed by atoms with Gasteiger partial charge in [-0.25, -0.2) is 13.4 Å². The molecule has 2 aliphatic rings. The van der Waals surface area contributed by atoms with Gasteiger partial charge in [-0.15, -0.1) is 11.3 Å². The quantitative estimate of drug-likeness (QED) is 0.525. The van der Waals surface area contributed by atoms with Crippen LogP contribution in [0.25, 0.3) is 0 Å². The number of halogens is 1. The molecule has 0 unspecified atom stereocenters. The van der Waals surface area contributed by atoms with Gasteiger partial charge in [0.05, 0.1) is 23.8 Å². The van der Waals surface area contributed by atoms with Crippen molar-refractivity contribution in [1.29, 1.82) is 0 Å². The van der Waals surface area contributed by atoms with Crippen molar-refractivity contribution in [2.75, 3.05) is 29.3 Å². The fourth-order valence-corrected chi connectivity index (χ4v) is 7.33. The van der Waals surface area contributed by atoms with Crippen molar-refractivity contribution < 1.29 is 18.1 Å². The molecule has 0 atom stereocenters. The molecule has 1 aromatic heterocycles. The van der Waals surface area contributed by atoms with Crippen LogP contribution in [0.3, 0.4) is 0 Å². The third-order valence-electron chi connectivity index (χ3n) is 6.37. The van der Waals surface area contributed by atoms with E-state index in [4.69, 9.17) is 11.6 Å². The second-order valence-corrected chi connectivity index (χ2v) is 11.8. The van der Waals surface area contributed by atoms with Crippen LogP contribution in [0.2, 0.25) is 5.02 Å². The van der Waals surface area contributed by atoms with Crippen molar-refractivity contribution in [3.8, 4) is 0 Å². The first-order chi connectivity index (χ1) is 16.4. The lowest BCUT2D eigenvalue weighted by atomic mass is 10.1. The molecule has 1 fully saturated rings. The average molecular weight is 518 g/mol. The normalized spacial score (nSPS) is 16.4. The van der Waals surface area contributed by atoms with Crippen LogP contribution in [-0.4, -0.2) is 38.9 Å². The Kier molecular flexibility index (Phi) is 6.61. The minimum atomic E-state index is -3.92. The van der Waals surface area contributed by atoms with Gasteiger partial charge < -0.3 is 4.90 Å². The molecule has 0 saturated carbocycles. The van der Waals surface area contributed by atoms with Crippen molar-refractivity contribution in [3.05, 3.63) is 69.7 Å². The smallest absolute Gasteiger partial charge is 0.265 e. The van der Waals surface area contributed by atoms with Crippen molar-refractivity contribution in [2.24, 2.45) is 0 Å². The molecule has 5 rings (SSSR count). The van der Waals surface area contributed by atoms with Crippen LogP contribution in [0, 0.1) is 0 Å². The van der Waals surface area contributed by atoms with Gasteiger partial charge in [0.2, 0.25) is 0 Å². The molecule has 2 N–H and O–H groups in total. The van der Waals surface area contributed by atoms with E-state index in [2.05, 4.69) is 10.3 Å². The number of likely N-dealkylation sites (tertiary alicyclic amines) is 1. The summed E-state index contributed by atoms with van der Waals surface area (Å²) in [7, 11) is -3.92. The molecule has 1 amide bonds. The van der Waals surface area contributed by atoms with E-state index in [-0.39, 0.29) is 15.5 Å². The van der Waals surface area contributed by atoms with Crippen LogP contribution in [0.4, 0.5) is 10.8 Å². The number of hydrogen-bond donors (Lipinski definition) is 2. The van der Waals surface area contributed by atoms with Gasteiger partial charge in [-0.3, -0.25) is 14.4 Å². The number of amides is 1. The molecular weight excluding hydrogens is 492 g/mol. The maximum Gasteiger partial charge on any atom is 0.265 e. The molecule has 2 aliphatic heterocycles. The van der Waals surface area contributed by atoms with E-state index in [0.717, 1.165) is 30.9 Å². The topological polar surface area (TPSA) is 83.8 Å². The lowest BCUT2D eigenvalue weighted by Crippen LogP contribution is -3.11. The van der Waals surface area contributed by atoms with Gasteiger partial charge in [-0.05, 0) is 55.5 Å². The second-order valence-electron chi connectivity index (χ2n) is 8.69. The third-order valence-corrected chi connectivity index (χ3v) is 9.47. The Morgan fingerprint density at radius 3 is 2.76 bits per heavy atom. The Bertz CT molecular complexity index is 1320. The zero-order valence-corrected chi connectivity index (χ0v) is 21.0. The molecule has 34 heavy (non-hydrogen) atoms. The van der Waals surface area contributed by atoms with Crippen molar-refractivity contribution in [1.82, 2.24) is 4.98 Å². The van der Waals surface area contributed by atoms with Crippen LogP contribution >= 0.6 is 22.9 Å². The first-order valence-corrected chi connectivity index (χ1v) is 14.1. The summed E-state index contributed by atoms with van der Waals surface area (Å²) in [6.45, 7) is 3.51. The minimum Gasteiger partial charge on any atom is -0.330 e. The number of aromatic nitrogens is 1. The van der Waals surface area contributed by atoms with Crippen LogP contribution in [0.5, 0.6) is 0 Å². The molecule has 1 saturated heterocycles. The SMILES string of the molecule is O=C(Nc1nc(C[NH+]2CCCCC2)cs1)c1ccc(Cl)c(S(=O)(=O)N2CCc3ccccc32)c1. The molecule has 10 heteroatoms. The number of carbonyl (C=O) groups excluding carboxylic acids is 1. The average Bonchev–Trinajstić information content (AvgIpc) is 3.47. The standard InChI is InChI=1S/C24H25ClN4O3S2/c25-20-9-8-18(14-22(20)34(31,32)29-13-10-17-6-2-3-7-21(17)29)23(30)27-24-26-19(16-33-24)15-28-11-4-1-5-12-28/h2-3,6-9,14,16H,1,4-5,10-13,15H2,(H,26,27,30)/p+1. The van der Waals surface area contributed by atoms with E-state index in [0.29, 0.717) is 23.8 Å². The van der Waals surface area contributed by atoms with E-state index < -0.39 is 15.9 Å². The van der Waals surface area contributed by atoms with E-state index in [1.807, 2.05) is 23.6 Å². The summed E-state index contributed by atoms with van der Waals surface area (Å²) in [5, 5.41) is 5.37. The zero-order chi connectivity index (χ0) is 23.7. The Morgan fingerprint density at radius 2 is 1.94 bits per heavy atom. The number of para-hydroxylation sites is 1. The van der Waals surface area contributed by atoms with E-state index >= 15 is 0 Å². The maximum atomic E-state index is 13.4. The summed E-state index contributed by atoms with van der Waals surface area (Å²) in [5.41, 5.74) is 2.81. The molecule has 178 valence electrons. The number of rotatable bonds is 6. The summed E-state index contributed by atoms with van der Waals surface area (Å²) < 4.78 is 28.2. The van der Waals surface area contributed by atoms with Crippen LogP contribution in [0.1, 0.15) is 40.9 Å². The summed E-state index contributed by atoms with van der Waals surface area (Å²) in [5.74, 6) is -0.416. The van der Waals surface area contributed by atoms with E-state index in [9.17, 15) is 13.2 Å². The molecule has 0 bridgehead atoms. The number of piperidine rings is 1. The highest BCUT2D eigenvalue weighted by Crippen LogP contribution is 2.35. The van der Waals surface area contributed by atoms with Gasteiger partial charge in [-0.2, -0.15) is 0 Å². The number of carbonyl (C=O) groups is 1. The Hall–Kier alpha value is -2.46. The van der Waals surface area contributed by atoms with Gasteiger partial charge in [-0.1, -0.05) is 29.8 Å². The van der Waals surface area contributed by atoms with Crippen LogP contribution < -0.4 is 14.5 Å². The summed E-state index contributed by atoms with van der Waals surface area (Å²) in [4.78, 5) is 18.9. The number of nitrogens with one attached hydrogen (secondary N) is 2. The number of anilines is 2. The lowest BCUT2D eigenvalue weighted by molar-refractivity contribution is -0.918. The zero-order valence-electron chi connectivity index (χ0n) is 18.6. The Morgan fingerprint density at radius 1 is 1.15 bits per heavy atom. The van der Waals surface area contributed by atoms with Crippen LogP contribution in [-0.2, 0) is 23.0 Å². The maximum absolute atomic E-state index is 13.4. The molecule has 7 nitrogen and oxygen atoms in total. The van der Waals surface area contributed by atoms with E-state index in [1.54, 1.807) is 6.07 Å². The summed E-state index contributed by atoms with van der Waals surface area (Å²) in [6, 6.07) is 11.7. The predicted octanol–water partition coefficient (Wildman–Crippen LogP) is 3.37. The van der Waals surface area contributed by atoms with Gasteiger partial charge in [0.1, 0.15) is 17.1 Å². The Labute approximate surface area is 208 Å². The molecule has 2 aromatic carbocycles. The fraction of sp³-hybridized carbons (Fsp3) is 0.333. The summed E-state index contributed by atoms with van der Waals surface area (Å²) in [6.07, 6.45) is 4.42. The molecule has 0 aliphatic carbocycles. The van der Waals surface area contributed by atoms with Gasteiger partial charge in [0, 0.05) is 17.5 Å². The van der Waals surface area contributed by atoms with Gasteiger partial charge in [0.25, 0.3) is 15.9 Å². The number of nitrogens with zero attached hydrogens (tertiary/aromatic N) is 2. The lowest BCUT2D eigenvalue weighted by Gasteiger charge is -2.22. The van der Waals surface area contributed by atoms with Crippen molar-refractivity contribution in [3.63, 3.8) is 0 Å². The van der Waals surface area contributed by atoms with Gasteiger partial charge in [0.15, 0.2) is 5.13 Å². The molecule has 0 radical (unpaired) electrons. The highest BCUT2D eigenvalue weighted by Gasteiger charge is 2.32. The van der Waals surface area contributed by atoms with E-state index in [1.165, 1.54) is 58.0 Å². The third kappa shape index (κ3) is 4.70. The number of quaternary nitrogens is 1. The first-order valence-electron chi connectivity index (χ1n) is 11.4.